The van der Waals surface area contributed by atoms with Gasteiger partial charge in [-0.25, -0.2) is 4.98 Å². The summed E-state index contributed by atoms with van der Waals surface area (Å²) in [5.41, 5.74) is 0.659. The minimum atomic E-state index is -0.0151. The maximum Gasteiger partial charge on any atom is 0.253 e. The summed E-state index contributed by atoms with van der Waals surface area (Å²) in [6, 6.07) is 8.23. The van der Waals surface area contributed by atoms with Crippen LogP contribution in [0.25, 0.3) is 10.8 Å². The number of nitrogens with one attached hydrogen (secondary N) is 2. The lowest BCUT2D eigenvalue weighted by molar-refractivity contribution is 0.0897. The smallest absolute Gasteiger partial charge is 0.253 e. The second-order valence-corrected chi connectivity index (χ2v) is 5.84. The Kier molecular flexibility index (Phi) is 3.78. The first-order valence-corrected chi connectivity index (χ1v) is 7.61. The highest BCUT2D eigenvalue weighted by Gasteiger charge is 2.27. The lowest BCUT2D eigenvalue weighted by atomic mass is 9.82. The normalized spacial score (nSPS) is 20.9. The standard InChI is InChI=1S/C17H21N3O/c1-3-18-16-14-7-5-4-6-13(14)15(10-19-16)17(21)20-12-8-11(2)9-12/h4-7,10-12H,3,8-9H2,1-2H3,(H,18,19)(H,20,21). The van der Waals surface area contributed by atoms with Crippen molar-refractivity contribution in [1.29, 1.82) is 0 Å². The highest BCUT2D eigenvalue weighted by molar-refractivity contribution is 6.09. The summed E-state index contributed by atoms with van der Waals surface area (Å²) in [5, 5.41) is 8.30. The average Bonchev–Trinajstić information content (AvgIpc) is 2.46. The predicted octanol–water partition coefficient (Wildman–Crippen LogP) is 3.19. The molecule has 2 N–H and O–H groups in total. The van der Waals surface area contributed by atoms with Crippen molar-refractivity contribution in [3.63, 3.8) is 0 Å². The monoisotopic (exact) mass is 283 g/mol. The maximum absolute atomic E-state index is 12.5. The minimum Gasteiger partial charge on any atom is -0.370 e. The maximum atomic E-state index is 12.5. The third kappa shape index (κ3) is 2.71. The van der Waals surface area contributed by atoms with Crippen LogP contribution in [0, 0.1) is 5.92 Å². The zero-order valence-electron chi connectivity index (χ0n) is 12.5. The first-order valence-electron chi connectivity index (χ1n) is 7.61. The van der Waals surface area contributed by atoms with Gasteiger partial charge in [0.25, 0.3) is 5.91 Å². The lowest BCUT2D eigenvalue weighted by Gasteiger charge is -2.33. The number of aromatic nitrogens is 1. The van der Waals surface area contributed by atoms with E-state index in [1.807, 2.05) is 31.2 Å². The van der Waals surface area contributed by atoms with Gasteiger partial charge in [-0.2, -0.15) is 0 Å². The Labute approximate surface area is 125 Å². The van der Waals surface area contributed by atoms with E-state index in [1.54, 1.807) is 6.20 Å². The number of fused-ring (bicyclic) bond motifs is 1. The Morgan fingerprint density at radius 1 is 1.29 bits per heavy atom. The van der Waals surface area contributed by atoms with E-state index in [9.17, 15) is 4.79 Å². The van der Waals surface area contributed by atoms with Gasteiger partial charge in [-0.3, -0.25) is 4.79 Å². The van der Waals surface area contributed by atoms with Gasteiger partial charge < -0.3 is 10.6 Å². The molecule has 0 saturated heterocycles. The van der Waals surface area contributed by atoms with E-state index in [0.717, 1.165) is 41.9 Å². The van der Waals surface area contributed by atoms with Crippen LogP contribution in [-0.4, -0.2) is 23.5 Å². The van der Waals surface area contributed by atoms with E-state index < -0.39 is 0 Å². The molecule has 21 heavy (non-hydrogen) atoms. The van der Waals surface area contributed by atoms with Gasteiger partial charge in [0.2, 0.25) is 0 Å². The van der Waals surface area contributed by atoms with Crippen LogP contribution >= 0.6 is 0 Å². The molecule has 0 spiro atoms. The number of nitrogens with zero attached hydrogens (tertiary/aromatic N) is 1. The number of amides is 1. The van der Waals surface area contributed by atoms with E-state index in [2.05, 4.69) is 22.5 Å². The van der Waals surface area contributed by atoms with Gasteiger partial charge in [-0.05, 0) is 31.1 Å². The van der Waals surface area contributed by atoms with Crippen LogP contribution < -0.4 is 10.6 Å². The summed E-state index contributed by atoms with van der Waals surface area (Å²) >= 11 is 0. The number of benzene rings is 1. The molecule has 1 amide bonds. The van der Waals surface area contributed by atoms with Gasteiger partial charge in [0.05, 0.1) is 5.56 Å². The fourth-order valence-electron chi connectivity index (χ4n) is 2.97. The SMILES string of the molecule is CCNc1ncc(C(=O)NC2CC(C)C2)c2ccccc12. The zero-order chi connectivity index (χ0) is 14.8. The third-order valence-corrected chi connectivity index (χ3v) is 4.09. The van der Waals surface area contributed by atoms with Crippen molar-refractivity contribution in [1.82, 2.24) is 10.3 Å². The zero-order valence-corrected chi connectivity index (χ0v) is 12.5. The molecule has 1 fully saturated rings. The number of rotatable bonds is 4. The van der Waals surface area contributed by atoms with Gasteiger partial charge >= 0.3 is 0 Å². The topological polar surface area (TPSA) is 54.0 Å². The van der Waals surface area contributed by atoms with Gasteiger partial charge in [0.15, 0.2) is 0 Å². The molecule has 1 aromatic carbocycles. The van der Waals surface area contributed by atoms with Crippen LogP contribution in [0.1, 0.15) is 37.0 Å². The quantitative estimate of drug-likeness (QED) is 0.906. The van der Waals surface area contributed by atoms with Crippen LogP contribution in [0.3, 0.4) is 0 Å². The molecule has 1 aliphatic rings. The molecule has 110 valence electrons. The number of hydrogen-bond acceptors (Lipinski definition) is 3. The van der Waals surface area contributed by atoms with Crippen molar-refractivity contribution in [2.45, 2.75) is 32.7 Å². The third-order valence-electron chi connectivity index (χ3n) is 4.09. The van der Waals surface area contributed by atoms with Crippen molar-refractivity contribution < 1.29 is 4.79 Å². The molecule has 0 radical (unpaired) electrons. The van der Waals surface area contributed by atoms with Crippen LogP contribution in [0.15, 0.2) is 30.5 Å². The van der Waals surface area contributed by atoms with Gasteiger partial charge in [0.1, 0.15) is 5.82 Å². The van der Waals surface area contributed by atoms with Crippen molar-refractivity contribution >= 4 is 22.5 Å². The molecule has 1 heterocycles. The summed E-state index contributed by atoms with van der Waals surface area (Å²) in [7, 11) is 0. The van der Waals surface area contributed by atoms with Crippen LogP contribution in [0.4, 0.5) is 5.82 Å². The van der Waals surface area contributed by atoms with Crippen molar-refractivity contribution in [3.05, 3.63) is 36.0 Å². The van der Waals surface area contributed by atoms with E-state index >= 15 is 0 Å². The van der Waals surface area contributed by atoms with E-state index in [0.29, 0.717) is 11.6 Å². The first kappa shape index (κ1) is 13.9. The Hall–Kier alpha value is -2.10. The molecule has 0 atom stereocenters. The van der Waals surface area contributed by atoms with Gasteiger partial charge in [-0.1, -0.05) is 31.2 Å². The molecule has 0 aliphatic heterocycles. The summed E-state index contributed by atoms with van der Waals surface area (Å²) in [6.45, 7) is 5.06. The summed E-state index contributed by atoms with van der Waals surface area (Å²) in [4.78, 5) is 16.9. The molecule has 0 bridgehead atoms. The van der Waals surface area contributed by atoms with Crippen molar-refractivity contribution in [2.75, 3.05) is 11.9 Å². The summed E-state index contributed by atoms with van der Waals surface area (Å²) in [6.07, 6.45) is 3.83. The summed E-state index contributed by atoms with van der Waals surface area (Å²) in [5.74, 6) is 1.54. The number of carbonyl (C=O) groups excluding carboxylic acids is 1. The number of anilines is 1. The molecule has 3 rings (SSSR count). The Morgan fingerprint density at radius 2 is 2.00 bits per heavy atom. The Bertz CT molecular complexity index is 662. The number of pyridine rings is 1. The Balaban J connectivity index is 1.91. The highest BCUT2D eigenvalue weighted by atomic mass is 16.1. The largest absolute Gasteiger partial charge is 0.370 e. The number of carbonyl (C=O) groups is 1. The fraction of sp³-hybridized carbons (Fsp3) is 0.412. The minimum absolute atomic E-state index is 0.0151. The Morgan fingerprint density at radius 3 is 2.67 bits per heavy atom. The molecule has 1 aromatic heterocycles. The van der Waals surface area contributed by atoms with Crippen LogP contribution in [0.5, 0.6) is 0 Å². The molecule has 1 aliphatic carbocycles. The highest BCUT2D eigenvalue weighted by Crippen LogP contribution is 2.28. The van der Waals surface area contributed by atoms with E-state index in [4.69, 9.17) is 0 Å². The molecule has 4 heteroatoms. The molecule has 4 nitrogen and oxygen atoms in total. The summed E-state index contributed by atoms with van der Waals surface area (Å²) < 4.78 is 0. The van der Waals surface area contributed by atoms with E-state index in [-0.39, 0.29) is 5.91 Å². The lowest BCUT2D eigenvalue weighted by Crippen LogP contribution is -2.43. The van der Waals surface area contributed by atoms with Crippen LogP contribution in [0.2, 0.25) is 0 Å². The average molecular weight is 283 g/mol. The van der Waals surface area contributed by atoms with Crippen molar-refractivity contribution in [2.24, 2.45) is 5.92 Å². The van der Waals surface area contributed by atoms with E-state index in [1.165, 1.54) is 0 Å². The number of hydrogen-bond donors (Lipinski definition) is 2. The van der Waals surface area contributed by atoms with Gasteiger partial charge in [-0.15, -0.1) is 0 Å². The molecule has 2 aromatic rings. The predicted molar refractivity (Wildman–Crippen MR) is 85.6 cm³/mol. The molecule has 1 saturated carbocycles. The van der Waals surface area contributed by atoms with Crippen molar-refractivity contribution in [3.8, 4) is 0 Å². The van der Waals surface area contributed by atoms with Gasteiger partial charge in [0, 0.05) is 24.2 Å². The molecular formula is C17H21N3O. The second kappa shape index (κ2) is 5.72. The van der Waals surface area contributed by atoms with Crippen LogP contribution in [-0.2, 0) is 0 Å². The first-order chi connectivity index (χ1) is 10.2. The molecular weight excluding hydrogens is 262 g/mol. The second-order valence-electron chi connectivity index (χ2n) is 5.84. The molecule has 0 unspecified atom stereocenters. The fourth-order valence-corrected chi connectivity index (χ4v) is 2.97.